The Kier molecular flexibility index (Phi) is 3.02. The highest BCUT2D eigenvalue weighted by atomic mass is 16.6. The van der Waals surface area contributed by atoms with Gasteiger partial charge in [0.15, 0.2) is 0 Å². The molecule has 0 saturated carbocycles. The number of hydrogen-bond donors (Lipinski definition) is 0. The van der Waals surface area contributed by atoms with E-state index in [9.17, 15) is 10.1 Å². The molecule has 0 atom stereocenters. The van der Waals surface area contributed by atoms with Crippen molar-refractivity contribution in [1.82, 2.24) is 0 Å². The molecule has 0 fully saturated rings. The number of rotatable bonds is 4. The lowest BCUT2D eigenvalue weighted by Gasteiger charge is -2.11. The van der Waals surface area contributed by atoms with Crippen molar-refractivity contribution in [2.45, 2.75) is 13.3 Å². The zero-order valence-corrected chi connectivity index (χ0v) is 10.9. The summed E-state index contributed by atoms with van der Waals surface area (Å²) >= 11 is 0. The van der Waals surface area contributed by atoms with Crippen molar-refractivity contribution in [2.75, 3.05) is 0 Å². The lowest BCUT2D eigenvalue weighted by molar-refractivity contribution is -0.384. The summed E-state index contributed by atoms with van der Waals surface area (Å²) in [6, 6.07) is 12.8. The van der Waals surface area contributed by atoms with Crippen molar-refractivity contribution >= 4 is 5.69 Å². The summed E-state index contributed by atoms with van der Waals surface area (Å²) < 4.78 is 0. The Bertz CT molecular complexity index is 704. The van der Waals surface area contributed by atoms with Gasteiger partial charge in [-0.15, -0.1) is 10.2 Å². The van der Waals surface area contributed by atoms with Crippen molar-refractivity contribution in [3.63, 3.8) is 0 Å². The van der Waals surface area contributed by atoms with E-state index in [0.29, 0.717) is 0 Å². The largest absolute Gasteiger partial charge is 0.269 e. The molecule has 0 N–H and O–H groups in total. The van der Waals surface area contributed by atoms with E-state index in [1.807, 2.05) is 31.2 Å². The van der Waals surface area contributed by atoms with Crippen LogP contribution in [0.2, 0.25) is 0 Å². The third-order valence-electron chi connectivity index (χ3n) is 3.34. The molecule has 3 rings (SSSR count). The second-order valence-corrected chi connectivity index (χ2v) is 4.52. The molecule has 99 valence electrons. The van der Waals surface area contributed by atoms with Crippen LogP contribution in [0.25, 0.3) is 11.1 Å². The Balaban J connectivity index is 2.12. The second kappa shape index (κ2) is 4.85. The molecule has 0 spiro atoms. The smallest absolute Gasteiger partial charge is 0.258 e. The molecule has 0 amide bonds. The Labute approximate surface area is 116 Å². The predicted molar refractivity (Wildman–Crippen MR) is 75.1 cm³/mol. The monoisotopic (exact) mass is 266 g/mol. The SMILES string of the molecule is CCc1cc([N+](=O)[O-])ccc1-c1ccccc1[C]1N=N1. The molecule has 2 aromatic carbocycles. The zero-order valence-electron chi connectivity index (χ0n) is 10.9. The van der Waals surface area contributed by atoms with Gasteiger partial charge < -0.3 is 0 Å². The van der Waals surface area contributed by atoms with Crippen LogP contribution in [0.1, 0.15) is 18.1 Å². The highest BCUT2D eigenvalue weighted by Crippen LogP contribution is 2.38. The quantitative estimate of drug-likeness (QED) is 0.616. The summed E-state index contributed by atoms with van der Waals surface area (Å²) in [6.45, 7) is 1.99. The molecule has 20 heavy (non-hydrogen) atoms. The van der Waals surface area contributed by atoms with E-state index in [1.54, 1.807) is 12.1 Å². The molecular formula is C15H12N3O2. The highest BCUT2D eigenvalue weighted by Gasteiger charge is 2.25. The van der Waals surface area contributed by atoms with Crippen LogP contribution >= 0.6 is 0 Å². The fourth-order valence-corrected chi connectivity index (χ4v) is 2.29. The van der Waals surface area contributed by atoms with E-state index in [2.05, 4.69) is 10.2 Å². The number of hydrogen-bond acceptors (Lipinski definition) is 4. The number of benzene rings is 2. The van der Waals surface area contributed by atoms with Gasteiger partial charge in [-0.25, -0.2) is 0 Å². The first-order chi connectivity index (χ1) is 9.70. The molecule has 1 radical (unpaired) electrons. The predicted octanol–water partition coefficient (Wildman–Crippen LogP) is 4.13. The van der Waals surface area contributed by atoms with Crippen LogP contribution in [0.4, 0.5) is 5.69 Å². The van der Waals surface area contributed by atoms with Crippen molar-refractivity contribution in [3.05, 3.63) is 69.9 Å². The van der Waals surface area contributed by atoms with Crippen LogP contribution in [0, 0.1) is 16.3 Å². The molecule has 0 bridgehead atoms. The Morgan fingerprint density at radius 2 is 1.75 bits per heavy atom. The van der Waals surface area contributed by atoms with Crippen LogP contribution in [0.3, 0.4) is 0 Å². The summed E-state index contributed by atoms with van der Waals surface area (Å²) in [5.41, 5.74) is 4.05. The van der Waals surface area contributed by atoms with Gasteiger partial charge in [0.05, 0.1) is 4.92 Å². The van der Waals surface area contributed by atoms with Gasteiger partial charge in [-0.05, 0) is 29.2 Å². The molecule has 0 aliphatic carbocycles. The van der Waals surface area contributed by atoms with Crippen LogP contribution in [0.5, 0.6) is 0 Å². The third kappa shape index (κ3) is 2.18. The molecule has 5 heteroatoms. The maximum absolute atomic E-state index is 10.9. The minimum absolute atomic E-state index is 0.122. The normalized spacial score (nSPS) is 13.4. The van der Waals surface area contributed by atoms with Crippen molar-refractivity contribution in [2.24, 2.45) is 10.2 Å². The van der Waals surface area contributed by atoms with E-state index >= 15 is 0 Å². The molecule has 1 aliphatic heterocycles. The van der Waals surface area contributed by atoms with Crippen molar-refractivity contribution < 1.29 is 4.92 Å². The lowest BCUT2D eigenvalue weighted by Crippen LogP contribution is -1.95. The van der Waals surface area contributed by atoms with Crippen LogP contribution < -0.4 is 0 Å². The summed E-state index contributed by atoms with van der Waals surface area (Å²) in [5.74, 6) is 0. The number of non-ortho nitro benzene ring substituents is 1. The molecule has 0 saturated heterocycles. The Morgan fingerprint density at radius 3 is 2.35 bits per heavy atom. The molecule has 5 nitrogen and oxygen atoms in total. The minimum Gasteiger partial charge on any atom is -0.258 e. The van der Waals surface area contributed by atoms with Crippen molar-refractivity contribution in [3.8, 4) is 11.1 Å². The first-order valence-corrected chi connectivity index (χ1v) is 6.36. The van der Waals surface area contributed by atoms with Crippen LogP contribution in [-0.2, 0) is 6.42 Å². The topological polar surface area (TPSA) is 67.9 Å². The van der Waals surface area contributed by atoms with Gasteiger partial charge in [-0.2, -0.15) is 0 Å². The van der Waals surface area contributed by atoms with Gasteiger partial charge in [0.25, 0.3) is 11.9 Å². The summed E-state index contributed by atoms with van der Waals surface area (Å²) in [5, 5.41) is 18.7. The standard InChI is InChI=1S/C15H12N3O2/c1-2-10-9-11(18(19)20)7-8-12(10)13-5-3-4-6-14(13)15-16-17-15/h3-9H,2H2,1H3. The minimum atomic E-state index is -0.366. The molecule has 0 unspecified atom stereocenters. The van der Waals surface area contributed by atoms with E-state index in [1.165, 1.54) is 6.07 Å². The van der Waals surface area contributed by atoms with E-state index in [0.717, 1.165) is 34.8 Å². The van der Waals surface area contributed by atoms with Gasteiger partial charge in [0, 0.05) is 17.7 Å². The molecule has 0 aromatic heterocycles. The number of nitrogens with zero attached hydrogens (tertiary/aromatic N) is 3. The third-order valence-corrected chi connectivity index (χ3v) is 3.34. The molecular weight excluding hydrogens is 254 g/mol. The summed E-state index contributed by atoms with van der Waals surface area (Å²) in [4.78, 5) is 10.5. The molecule has 2 aromatic rings. The number of nitro groups is 1. The van der Waals surface area contributed by atoms with Crippen molar-refractivity contribution in [1.29, 1.82) is 0 Å². The number of aryl methyl sites for hydroxylation is 1. The Hall–Kier alpha value is -2.56. The first-order valence-electron chi connectivity index (χ1n) is 6.36. The fourth-order valence-electron chi connectivity index (χ4n) is 2.29. The average Bonchev–Trinajstić information content (AvgIpc) is 3.31. The maximum atomic E-state index is 10.9. The molecule has 1 aliphatic rings. The van der Waals surface area contributed by atoms with Crippen LogP contribution in [-0.4, -0.2) is 4.92 Å². The van der Waals surface area contributed by atoms with E-state index < -0.39 is 0 Å². The average molecular weight is 266 g/mol. The Morgan fingerprint density at radius 1 is 1.05 bits per heavy atom. The lowest BCUT2D eigenvalue weighted by atomic mass is 9.93. The van der Waals surface area contributed by atoms with E-state index in [4.69, 9.17) is 0 Å². The first kappa shape index (κ1) is 12.5. The molecule has 1 heterocycles. The highest BCUT2D eigenvalue weighted by molar-refractivity contribution is 5.74. The summed E-state index contributed by atoms with van der Waals surface area (Å²) in [6.07, 6.45) is 1.47. The van der Waals surface area contributed by atoms with Crippen LogP contribution in [0.15, 0.2) is 52.7 Å². The zero-order chi connectivity index (χ0) is 14.1. The fraction of sp³-hybridized carbons (Fsp3) is 0.133. The van der Waals surface area contributed by atoms with Gasteiger partial charge in [-0.1, -0.05) is 31.2 Å². The summed E-state index contributed by atoms with van der Waals surface area (Å²) in [7, 11) is 0. The van der Waals surface area contributed by atoms with Gasteiger partial charge >= 0.3 is 0 Å². The maximum Gasteiger partial charge on any atom is 0.269 e. The van der Waals surface area contributed by atoms with E-state index in [-0.39, 0.29) is 10.6 Å². The number of nitro benzene ring substituents is 1. The van der Waals surface area contributed by atoms with Gasteiger partial charge in [-0.3, -0.25) is 10.1 Å². The second-order valence-electron chi connectivity index (χ2n) is 4.52. The van der Waals surface area contributed by atoms with Gasteiger partial charge in [0.2, 0.25) is 0 Å². The van der Waals surface area contributed by atoms with Gasteiger partial charge in [0.1, 0.15) is 0 Å².